The van der Waals surface area contributed by atoms with Crippen LogP contribution in [-0.2, 0) is 14.3 Å². The van der Waals surface area contributed by atoms with Gasteiger partial charge in [0.05, 0.1) is 13.2 Å². The molecule has 3 N–H and O–H groups in total. The van der Waals surface area contributed by atoms with Crippen molar-refractivity contribution >= 4 is 36.0 Å². The Morgan fingerprint density at radius 3 is 2.60 bits per heavy atom. The van der Waals surface area contributed by atoms with Crippen molar-refractivity contribution in [1.82, 2.24) is 5.32 Å². The quantitative estimate of drug-likeness (QED) is 0.642. The van der Waals surface area contributed by atoms with E-state index in [1.807, 2.05) is 6.26 Å². The molecule has 0 aromatic heterocycles. The van der Waals surface area contributed by atoms with Gasteiger partial charge in [-0.25, -0.2) is 0 Å². The van der Waals surface area contributed by atoms with E-state index < -0.39 is 12.0 Å². The van der Waals surface area contributed by atoms with Crippen LogP contribution in [0.4, 0.5) is 0 Å². The van der Waals surface area contributed by atoms with Gasteiger partial charge in [-0.2, -0.15) is 11.8 Å². The minimum absolute atomic E-state index is 0. The van der Waals surface area contributed by atoms with Gasteiger partial charge in [-0.15, -0.1) is 12.4 Å². The van der Waals surface area contributed by atoms with Crippen molar-refractivity contribution in [3.8, 4) is 0 Å². The first-order chi connectivity index (χ1) is 6.61. The Balaban J connectivity index is 0. The zero-order valence-electron chi connectivity index (χ0n) is 8.82. The van der Waals surface area contributed by atoms with Gasteiger partial charge in [0.2, 0.25) is 5.91 Å². The lowest BCUT2D eigenvalue weighted by Gasteiger charge is -2.10. The fourth-order valence-electron chi connectivity index (χ4n) is 0.738. The third-order valence-corrected chi connectivity index (χ3v) is 2.25. The number of thioether (sulfide) groups is 1. The summed E-state index contributed by atoms with van der Waals surface area (Å²) < 4.78 is 4.36. The van der Waals surface area contributed by atoms with E-state index in [1.165, 1.54) is 7.11 Å². The summed E-state index contributed by atoms with van der Waals surface area (Å²) in [4.78, 5) is 21.9. The van der Waals surface area contributed by atoms with Gasteiger partial charge in [-0.1, -0.05) is 0 Å². The molecule has 90 valence electrons. The van der Waals surface area contributed by atoms with Gasteiger partial charge in [0.25, 0.3) is 0 Å². The van der Waals surface area contributed by atoms with Crippen molar-refractivity contribution in [3.05, 3.63) is 0 Å². The van der Waals surface area contributed by atoms with Crippen LogP contribution >= 0.6 is 24.2 Å². The monoisotopic (exact) mass is 256 g/mol. The highest BCUT2D eigenvalue weighted by Gasteiger charge is 2.13. The maximum Gasteiger partial charge on any atom is 0.325 e. The van der Waals surface area contributed by atoms with Crippen molar-refractivity contribution < 1.29 is 14.3 Å². The number of rotatable bonds is 6. The molecule has 0 spiro atoms. The normalized spacial score (nSPS) is 11.1. The van der Waals surface area contributed by atoms with Crippen molar-refractivity contribution in [1.29, 1.82) is 0 Å². The number of halogens is 1. The molecular formula is C8H17ClN2O3S. The fourth-order valence-corrected chi connectivity index (χ4v) is 1.23. The van der Waals surface area contributed by atoms with E-state index in [-0.39, 0.29) is 24.9 Å². The Bertz CT molecular complexity index is 204. The predicted molar refractivity (Wildman–Crippen MR) is 63.2 cm³/mol. The minimum Gasteiger partial charge on any atom is -0.468 e. The number of esters is 1. The van der Waals surface area contributed by atoms with Gasteiger partial charge in [-0.05, 0) is 18.4 Å². The second-order valence-electron chi connectivity index (χ2n) is 2.68. The topological polar surface area (TPSA) is 81.4 Å². The van der Waals surface area contributed by atoms with Crippen LogP contribution < -0.4 is 11.1 Å². The van der Waals surface area contributed by atoms with E-state index in [9.17, 15) is 9.59 Å². The molecular weight excluding hydrogens is 240 g/mol. The van der Waals surface area contributed by atoms with Crippen molar-refractivity contribution in [2.24, 2.45) is 5.73 Å². The first kappa shape index (κ1) is 17.0. The molecule has 0 bridgehead atoms. The summed E-state index contributed by atoms with van der Waals surface area (Å²) in [7, 11) is 1.27. The summed E-state index contributed by atoms with van der Waals surface area (Å²) in [6.07, 6.45) is 2.55. The number of methoxy groups -OCH3 is 1. The Hall–Kier alpha value is -0.460. The van der Waals surface area contributed by atoms with E-state index in [0.29, 0.717) is 6.42 Å². The third kappa shape index (κ3) is 8.53. The number of amides is 1. The van der Waals surface area contributed by atoms with Gasteiger partial charge in [0, 0.05) is 0 Å². The molecule has 5 nitrogen and oxygen atoms in total. The molecule has 0 aliphatic carbocycles. The van der Waals surface area contributed by atoms with E-state index in [0.717, 1.165) is 5.75 Å². The SMILES string of the molecule is COC(=O)CNC(=O)[C@@H](N)CCSC.Cl. The van der Waals surface area contributed by atoms with Crippen LogP contribution in [0, 0.1) is 0 Å². The molecule has 15 heavy (non-hydrogen) atoms. The number of nitrogens with two attached hydrogens (primary N) is 1. The number of carbonyl (C=O) groups excluding carboxylic acids is 2. The zero-order chi connectivity index (χ0) is 11.0. The summed E-state index contributed by atoms with van der Waals surface area (Å²) >= 11 is 1.62. The molecule has 0 radical (unpaired) electrons. The summed E-state index contributed by atoms with van der Waals surface area (Å²) in [6, 6.07) is -0.549. The highest BCUT2D eigenvalue weighted by atomic mass is 35.5. The number of hydrogen-bond donors (Lipinski definition) is 2. The van der Waals surface area contributed by atoms with Crippen molar-refractivity contribution in [2.75, 3.05) is 25.7 Å². The fraction of sp³-hybridized carbons (Fsp3) is 0.750. The summed E-state index contributed by atoms with van der Waals surface area (Å²) in [5.41, 5.74) is 5.55. The Kier molecular flexibility index (Phi) is 11.4. The standard InChI is InChI=1S/C8H16N2O3S.ClH/c1-13-7(11)5-10-8(12)6(9)3-4-14-2;/h6H,3-5,9H2,1-2H3,(H,10,12);1H/t6-;/m0./s1. The molecule has 0 rings (SSSR count). The number of nitrogens with one attached hydrogen (secondary N) is 1. The molecule has 7 heteroatoms. The molecule has 0 aliphatic rings. The first-order valence-corrected chi connectivity index (χ1v) is 5.60. The minimum atomic E-state index is -0.549. The average Bonchev–Trinajstić information content (AvgIpc) is 2.21. The molecule has 0 fully saturated rings. The lowest BCUT2D eigenvalue weighted by Crippen LogP contribution is -2.43. The Labute approximate surface area is 99.9 Å². The Morgan fingerprint density at radius 2 is 2.13 bits per heavy atom. The summed E-state index contributed by atoms with van der Waals surface area (Å²) in [6.45, 7) is -0.123. The smallest absolute Gasteiger partial charge is 0.325 e. The lowest BCUT2D eigenvalue weighted by molar-refractivity contribution is -0.141. The molecule has 0 saturated carbocycles. The van der Waals surface area contributed by atoms with Gasteiger partial charge in [-0.3, -0.25) is 9.59 Å². The maximum absolute atomic E-state index is 11.2. The average molecular weight is 257 g/mol. The van der Waals surface area contributed by atoms with Crippen LogP contribution in [0.25, 0.3) is 0 Å². The second-order valence-corrected chi connectivity index (χ2v) is 3.67. The number of carbonyl (C=O) groups is 2. The molecule has 0 heterocycles. The van der Waals surface area contributed by atoms with Crippen LogP contribution in [0.1, 0.15) is 6.42 Å². The molecule has 1 amide bonds. The highest BCUT2D eigenvalue weighted by Crippen LogP contribution is 1.98. The van der Waals surface area contributed by atoms with E-state index in [4.69, 9.17) is 5.73 Å². The summed E-state index contributed by atoms with van der Waals surface area (Å²) in [5.74, 6) is 0.0344. The van der Waals surface area contributed by atoms with Crippen LogP contribution in [0.3, 0.4) is 0 Å². The van der Waals surface area contributed by atoms with Gasteiger partial charge >= 0.3 is 5.97 Å². The van der Waals surface area contributed by atoms with E-state index in [1.54, 1.807) is 11.8 Å². The molecule has 0 aliphatic heterocycles. The Morgan fingerprint density at radius 1 is 1.53 bits per heavy atom. The number of ether oxygens (including phenoxy) is 1. The van der Waals surface area contributed by atoms with E-state index >= 15 is 0 Å². The van der Waals surface area contributed by atoms with E-state index in [2.05, 4.69) is 10.1 Å². The molecule has 0 aromatic rings. The van der Waals surface area contributed by atoms with Gasteiger partial charge in [0.1, 0.15) is 6.54 Å². The second kappa shape index (κ2) is 10.1. The largest absolute Gasteiger partial charge is 0.468 e. The molecule has 1 atom stereocenters. The predicted octanol–water partition coefficient (Wildman–Crippen LogP) is -0.222. The van der Waals surface area contributed by atoms with Crippen molar-refractivity contribution in [2.45, 2.75) is 12.5 Å². The maximum atomic E-state index is 11.2. The first-order valence-electron chi connectivity index (χ1n) is 4.20. The number of hydrogen-bond acceptors (Lipinski definition) is 5. The summed E-state index contributed by atoms with van der Waals surface area (Å²) in [5, 5.41) is 2.39. The van der Waals surface area contributed by atoms with Crippen LogP contribution in [0.2, 0.25) is 0 Å². The van der Waals surface area contributed by atoms with Gasteiger partial charge in [0.15, 0.2) is 0 Å². The third-order valence-electron chi connectivity index (χ3n) is 1.60. The van der Waals surface area contributed by atoms with Crippen molar-refractivity contribution in [3.63, 3.8) is 0 Å². The van der Waals surface area contributed by atoms with Gasteiger partial charge < -0.3 is 15.8 Å². The molecule has 0 saturated heterocycles. The van der Waals surface area contributed by atoms with Crippen LogP contribution in [0.5, 0.6) is 0 Å². The van der Waals surface area contributed by atoms with Crippen LogP contribution in [0.15, 0.2) is 0 Å². The zero-order valence-corrected chi connectivity index (χ0v) is 10.5. The van der Waals surface area contributed by atoms with Crippen LogP contribution in [-0.4, -0.2) is 43.6 Å². The highest BCUT2D eigenvalue weighted by molar-refractivity contribution is 7.98. The molecule has 0 aromatic carbocycles. The lowest BCUT2D eigenvalue weighted by atomic mass is 10.2. The molecule has 0 unspecified atom stereocenters.